The van der Waals surface area contributed by atoms with Crippen molar-refractivity contribution < 1.29 is 22.0 Å². The molecule has 1 amide bonds. The normalized spacial score (nSPS) is 11.6. The lowest BCUT2D eigenvalue weighted by atomic mass is 10.2. The standard InChI is InChI=1S/C18H20F2N2O3S/c1-3-22(26(24,25)17-9-8-16(20)10-13(17)2)12-18(23)21-11-14-4-6-15(19)7-5-14/h4-10H,3,11-12H2,1-2H3,(H,21,23). The summed E-state index contributed by atoms with van der Waals surface area (Å²) in [7, 11) is -3.93. The van der Waals surface area contributed by atoms with Crippen LogP contribution in [0, 0.1) is 18.6 Å². The van der Waals surface area contributed by atoms with Crippen molar-refractivity contribution in [2.45, 2.75) is 25.3 Å². The fourth-order valence-electron chi connectivity index (χ4n) is 2.43. The van der Waals surface area contributed by atoms with Crippen LogP contribution in [0.5, 0.6) is 0 Å². The fraction of sp³-hybridized carbons (Fsp3) is 0.278. The average Bonchev–Trinajstić information content (AvgIpc) is 2.58. The third-order valence-corrected chi connectivity index (χ3v) is 5.91. The van der Waals surface area contributed by atoms with Crippen molar-refractivity contribution in [2.75, 3.05) is 13.1 Å². The summed E-state index contributed by atoms with van der Waals surface area (Å²) in [4.78, 5) is 12.1. The largest absolute Gasteiger partial charge is 0.351 e. The molecule has 0 aliphatic heterocycles. The van der Waals surface area contributed by atoms with E-state index in [2.05, 4.69) is 5.32 Å². The zero-order chi connectivity index (χ0) is 19.3. The molecule has 2 aromatic carbocycles. The number of amides is 1. The van der Waals surface area contributed by atoms with Crippen LogP contribution in [-0.4, -0.2) is 31.7 Å². The molecular formula is C18H20F2N2O3S. The maximum atomic E-state index is 13.2. The van der Waals surface area contributed by atoms with Gasteiger partial charge in [-0.3, -0.25) is 4.79 Å². The highest BCUT2D eigenvalue weighted by Gasteiger charge is 2.26. The van der Waals surface area contributed by atoms with Crippen LogP contribution in [0.4, 0.5) is 8.78 Å². The van der Waals surface area contributed by atoms with E-state index in [0.717, 1.165) is 16.4 Å². The quantitative estimate of drug-likeness (QED) is 0.801. The first-order chi connectivity index (χ1) is 12.2. The Morgan fingerprint density at radius 1 is 1.08 bits per heavy atom. The Hall–Kier alpha value is -2.32. The number of halogens is 2. The van der Waals surface area contributed by atoms with Gasteiger partial charge in [0.1, 0.15) is 11.6 Å². The smallest absolute Gasteiger partial charge is 0.243 e. The molecule has 140 valence electrons. The zero-order valence-electron chi connectivity index (χ0n) is 14.5. The molecule has 0 radical (unpaired) electrons. The minimum absolute atomic E-state index is 0.0351. The molecule has 2 rings (SSSR count). The molecule has 0 aliphatic carbocycles. The molecule has 0 atom stereocenters. The third-order valence-electron chi connectivity index (χ3n) is 3.83. The Balaban J connectivity index is 2.07. The molecule has 8 heteroatoms. The van der Waals surface area contributed by atoms with Gasteiger partial charge in [0.2, 0.25) is 15.9 Å². The van der Waals surface area contributed by atoms with Gasteiger partial charge in [-0.2, -0.15) is 4.31 Å². The van der Waals surface area contributed by atoms with E-state index in [4.69, 9.17) is 0 Å². The highest BCUT2D eigenvalue weighted by atomic mass is 32.2. The summed E-state index contributed by atoms with van der Waals surface area (Å²) in [5.41, 5.74) is 0.968. The first kappa shape index (κ1) is 20.0. The highest BCUT2D eigenvalue weighted by Crippen LogP contribution is 2.20. The van der Waals surface area contributed by atoms with Crippen molar-refractivity contribution in [3.63, 3.8) is 0 Å². The van der Waals surface area contributed by atoms with Crippen molar-refractivity contribution in [1.82, 2.24) is 9.62 Å². The van der Waals surface area contributed by atoms with Crippen molar-refractivity contribution in [3.8, 4) is 0 Å². The van der Waals surface area contributed by atoms with Crippen molar-refractivity contribution >= 4 is 15.9 Å². The third kappa shape index (κ3) is 4.86. The van der Waals surface area contributed by atoms with Gasteiger partial charge in [-0.25, -0.2) is 17.2 Å². The number of likely N-dealkylation sites (N-methyl/N-ethyl adjacent to an activating group) is 1. The number of hydrogen-bond acceptors (Lipinski definition) is 3. The SMILES string of the molecule is CCN(CC(=O)NCc1ccc(F)cc1)S(=O)(=O)c1ccc(F)cc1C. The van der Waals surface area contributed by atoms with Crippen LogP contribution in [0.1, 0.15) is 18.1 Å². The summed E-state index contributed by atoms with van der Waals surface area (Å²) in [6, 6.07) is 9.03. The molecule has 5 nitrogen and oxygen atoms in total. The maximum absolute atomic E-state index is 13.2. The Labute approximate surface area is 151 Å². The molecule has 0 aliphatic rings. The lowest BCUT2D eigenvalue weighted by Gasteiger charge is -2.21. The lowest BCUT2D eigenvalue weighted by Crippen LogP contribution is -2.40. The topological polar surface area (TPSA) is 66.5 Å². The molecule has 0 unspecified atom stereocenters. The van der Waals surface area contributed by atoms with Crippen LogP contribution in [0.2, 0.25) is 0 Å². The summed E-state index contributed by atoms with van der Waals surface area (Å²) < 4.78 is 52.6. The predicted octanol–water partition coefficient (Wildman–Crippen LogP) is 2.60. The van der Waals surface area contributed by atoms with Gasteiger partial charge in [0, 0.05) is 13.1 Å². The van der Waals surface area contributed by atoms with E-state index >= 15 is 0 Å². The number of aryl methyl sites for hydroxylation is 1. The Bertz CT molecular complexity index is 884. The van der Waals surface area contributed by atoms with Gasteiger partial charge in [-0.1, -0.05) is 19.1 Å². The van der Waals surface area contributed by atoms with Crippen molar-refractivity contribution in [1.29, 1.82) is 0 Å². The molecule has 0 aromatic heterocycles. The van der Waals surface area contributed by atoms with Gasteiger partial charge in [0.25, 0.3) is 0 Å². The number of nitrogens with zero attached hydrogens (tertiary/aromatic N) is 1. The van der Waals surface area contributed by atoms with Crippen LogP contribution in [0.3, 0.4) is 0 Å². The molecule has 1 N–H and O–H groups in total. The Morgan fingerprint density at radius 3 is 2.27 bits per heavy atom. The number of benzene rings is 2. The molecule has 0 saturated heterocycles. The molecule has 0 heterocycles. The lowest BCUT2D eigenvalue weighted by molar-refractivity contribution is -0.121. The van der Waals surface area contributed by atoms with Gasteiger partial charge in [0.05, 0.1) is 11.4 Å². The highest BCUT2D eigenvalue weighted by molar-refractivity contribution is 7.89. The number of sulfonamides is 1. The number of carbonyl (C=O) groups is 1. The molecule has 2 aromatic rings. The van der Waals surface area contributed by atoms with Gasteiger partial charge in [-0.15, -0.1) is 0 Å². The van der Waals surface area contributed by atoms with E-state index in [9.17, 15) is 22.0 Å². The first-order valence-electron chi connectivity index (χ1n) is 8.01. The van der Waals surface area contributed by atoms with Gasteiger partial charge >= 0.3 is 0 Å². The maximum Gasteiger partial charge on any atom is 0.243 e. The van der Waals surface area contributed by atoms with Crippen LogP contribution in [0.15, 0.2) is 47.4 Å². The minimum Gasteiger partial charge on any atom is -0.351 e. The number of carbonyl (C=O) groups excluding carboxylic acids is 1. The van der Waals surface area contributed by atoms with Gasteiger partial charge < -0.3 is 5.32 Å². The fourth-order valence-corrected chi connectivity index (χ4v) is 4.04. The zero-order valence-corrected chi connectivity index (χ0v) is 15.3. The van der Waals surface area contributed by atoms with Crippen LogP contribution in [0.25, 0.3) is 0 Å². The van der Waals surface area contributed by atoms with E-state index in [1.54, 1.807) is 6.92 Å². The molecule has 0 spiro atoms. The minimum atomic E-state index is -3.93. The second-order valence-corrected chi connectivity index (χ2v) is 7.65. The average molecular weight is 382 g/mol. The van der Waals surface area contributed by atoms with Gasteiger partial charge in [0.15, 0.2) is 0 Å². The Kier molecular flexibility index (Phi) is 6.44. The van der Waals surface area contributed by atoms with E-state index in [-0.39, 0.29) is 35.9 Å². The summed E-state index contributed by atoms with van der Waals surface area (Å²) in [6.07, 6.45) is 0. The monoisotopic (exact) mass is 382 g/mol. The molecule has 0 bridgehead atoms. The van der Waals surface area contributed by atoms with E-state index < -0.39 is 21.7 Å². The second kappa shape index (κ2) is 8.37. The van der Waals surface area contributed by atoms with Gasteiger partial charge in [-0.05, 0) is 48.4 Å². The molecule has 26 heavy (non-hydrogen) atoms. The molecular weight excluding hydrogens is 362 g/mol. The van der Waals surface area contributed by atoms with Crippen molar-refractivity contribution in [2.24, 2.45) is 0 Å². The summed E-state index contributed by atoms with van der Waals surface area (Å²) in [5.74, 6) is -1.39. The van der Waals surface area contributed by atoms with Crippen LogP contribution >= 0.6 is 0 Å². The van der Waals surface area contributed by atoms with Crippen LogP contribution < -0.4 is 5.32 Å². The van der Waals surface area contributed by atoms with E-state index in [0.29, 0.717) is 5.56 Å². The van der Waals surface area contributed by atoms with E-state index in [1.807, 2.05) is 0 Å². The molecule has 0 saturated carbocycles. The molecule has 0 fully saturated rings. The van der Waals surface area contributed by atoms with Crippen LogP contribution in [-0.2, 0) is 21.4 Å². The summed E-state index contributed by atoms with van der Waals surface area (Å²) in [6.45, 7) is 2.99. The Morgan fingerprint density at radius 2 is 1.69 bits per heavy atom. The predicted molar refractivity (Wildman–Crippen MR) is 93.8 cm³/mol. The van der Waals surface area contributed by atoms with Crippen molar-refractivity contribution in [3.05, 3.63) is 65.2 Å². The number of rotatable bonds is 7. The first-order valence-corrected chi connectivity index (χ1v) is 9.45. The summed E-state index contributed by atoms with van der Waals surface area (Å²) >= 11 is 0. The number of hydrogen-bond donors (Lipinski definition) is 1. The van der Waals surface area contributed by atoms with E-state index in [1.165, 1.54) is 37.3 Å². The second-order valence-electron chi connectivity index (χ2n) is 5.74. The number of nitrogens with one attached hydrogen (secondary N) is 1. The summed E-state index contributed by atoms with van der Waals surface area (Å²) in [5, 5.41) is 2.60.